The van der Waals surface area contributed by atoms with E-state index in [0.29, 0.717) is 0 Å². The molecule has 2 aliphatic heterocycles. The van der Waals surface area contributed by atoms with Crippen LogP contribution in [0.25, 0.3) is 0 Å². The van der Waals surface area contributed by atoms with Gasteiger partial charge in [0.15, 0.2) is 0 Å². The normalized spacial score (nSPS) is 22.4. The molecule has 0 saturated carbocycles. The van der Waals surface area contributed by atoms with Crippen LogP contribution < -0.4 is 10.6 Å². The molecule has 2 heterocycles. The van der Waals surface area contributed by atoms with Crippen LogP contribution in [0.2, 0.25) is 0 Å². The lowest BCUT2D eigenvalue weighted by Crippen LogP contribution is -2.06. The van der Waals surface area contributed by atoms with Gasteiger partial charge in [-0.1, -0.05) is 0 Å². The Labute approximate surface area is 61.9 Å². The Balaban J connectivity index is 0.0000001000. The largest absolute Gasteiger partial charge is 0.317 e. The van der Waals surface area contributed by atoms with Crippen LogP contribution in [-0.4, -0.2) is 32.5 Å². The van der Waals surface area contributed by atoms with E-state index in [1.807, 2.05) is 6.21 Å². The highest BCUT2D eigenvalue weighted by Crippen LogP contribution is 1.90. The van der Waals surface area contributed by atoms with E-state index in [1.54, 1.807) is 0 Å². The second kappa shape index (κ2) is 5.38. The Bertz CT molecular complexity index is 83.4. The lowest BCUT2D eigenvalue weighted by molar-refractivity contribution is 0.851. The third-order valence-corrected chi connectivity index (χ3v) is 1.52. The monoisotopic (exact) mass is 141 g/mol. The van der Waals surface area contributed by atoms with E-state index in [0.717, 1.165) is 13.2 Å². The zero-order valence-electron chi connectivity index (χ0n) is 6.27. The molecule has 0 amide bonds. The van der Waals surface area contributed by atoms with Crippen molar-refractivity contribution in [2.75, 3.05) is 26.3 Å². The number of nitrogens with one attached hydrogen (secondary N) is 2. The summed E-state index contributed by atoms with van der Waals surface area (Å²) in [6.07, 6.45) is 4.65. The Hall–Kier alpha value is -0.410. The zero-order chi connectivity index (χ0) is 7.07. The van der Waals surface area contributed by atoms with Crippen LogP contribution in [0.3, 0.4) is 0 Å². The van der Waals surface area contributed by atoms with Crippen molar-refractivity contribution < 1.29 is 0 Å². The molecule has 0 aromatic rings. The second-order valence-corrected chi connectivity index (χ2v) is 2.43. The molecule has 1 fully saturated rings. The zero-order valence-corrected chi connectivity index (χ0v) is 6.27. The fraction of sp³-hybridized carbons (Fsp3) is 0.857. The maximum Gasteiger partial charge on any atom is 0.0883 e. The molecule has 0 aromatic heterocycles. The highest BCUT2D eigenvalue weighted by molar-refractivity contribution is 5.61. The van der Waals surface area contributed by atoms with Crippen LogP contribution in [0.5, 0.6) is 0 Å². The van der Waals surface area contributed by atoms with Gasteiger partial charge in [-0.05, 0) is 25.9 Å². The van der Waals surface area contributed by atoms with Crippen LogP contribution in [0.15, 0.2) is 4.99 Å². The highest BCUT2D eigenvalue weighted by atomic mass is 15.0. The smallest absolute Gasteiger partial charge is 0.0883 e. The second-order valence-electron chi connectivity index (χ2n) is 2.43. The number of rotatable bonds is 0. The van der Waals surface area contributed by atoms with Crippen molar-refractivity contribution in [1.82, 2.24) is 10.6 Å². The molecule has 2 aliphatic rings. The van der Waals surface area contributed by atoms with E-state index in [9.17, 15) is 0 Å². The molecule has 0 unspecified atom stereocenters. The minimum atomic E-state index is 0.819. The first-order valence-electron chi connectivity index (χ1n) is 3.90. The van der Waals surface area contributed by atoms with Crippen LogP contribution in [0.4, 0.5) is 0 Å². The summed E-state index contributed by atoms with van der Waals surface area (Å²) in [5, 5.41) is 6.22. The molecule has 3 nitrogen and oxygen atoms in total. The SMILES string of the molecule is C1=NCNC1.C1CCNC1. The van der Waals surface area contributed by atoms with E-state index in [1.165, 1.54) is 25.9 Å². The lowest BCUT2D eigenvalue weighted by Gasteiger charge is -1.76. The Morgan fingerprint density at radius 1 is 1.10 bits per heavy atom. The van der Waals surface area contributed by atoms with Crippen molar-refractivity contribution in [3.05, 3.63) is 0 Å². The average Bonchev–Trinajstić information content (AvgIpc) is 2.67. The van der Waals surface area contributed by atoms with Crippen LogP contribution >= 0.6 is 0 Å². The first-order chi connectivity index (χ1) is 5.00. The van der Waals surface area contributed by atoms with Gasteiger partial charge in [0.25, 0.3) is 0 Å². The maximum atomic E-state index is 3.85. The molecule has 3 heteroatoms. The Morgan fingerprint density at radius 2 is 1.90 bits per heavy atom. The summed E-state index contributed by atoms with van der Waals surface area (Å²) in [7, 11) is 0. The van der Waals surface area contributed by atoms with Crippen molar-refractivity contribution in [2.45, 2.75) is 12.8 Å². The van der Waals surface area contributed by atoms with Gasteiger partial charge in [-0.25, -0.2) is 0 Å². The standard InChI is InChI=1S/C4H9N.C3H6N2/c1-2-4-5-3-1;1-2-5-3-4-1/h5H,1-4H2;1,5H,2-3H2. The lowest BCUT2D eigenvalue weighted by atomic mass is 10.4. The van der Waals surface area contributed by atoms with Crippen molar-refractivity contribution >= 4 is 6.21 Å². The van der Waals surface area contributed by atoms with Gasteiger partial charge in [0.1, 0.15) is 0 Å². The van der Waals surface area contributed by atoms with E-state index >= 15 is 0 Å². The van der Waals surface area contributed by atoms with Crippen molar-refractivity contribution in [3.8, 4) is 0 Å². The summed E-state index contributed by atoms with van der Waals surface area (Å²) in [5.41, 5.74) is 0. The highest BCUT2D eigenvalue weighted by Gasteiger charge is 1.93. The third-order valence-electron chi connectivity index (χ3n) is 1.52. The predicted octanol–water partition coefficient (Wildman–Crippen LogP) is -0.0123. The molecule has 0 radical (unpaired) electrons. The fourth-order valence-corrected chi connectivity index (χ4v) is 0.948. The Kier molecular flexibility index (Phi) is 4.14. The summed E-state index contributed by atoms with van der Waals surface area (Å²) >= 11 is 0. The molecule has 0 aromatic carbocycles. The molecular formula is C7H15N3. The molecule has 0 spiro atoms. The van der Waals surface area contributed by atoms with Crippen LogP contribution in [0.1, 0.15) is 12.8 Å². The molecule has 58 valence electrons. The number of nitrogens with zero attached hydrogens (tertiary/aromatic N) is 1. The third kappa shape index (κ3) is 3.58. The van der Waals surface area contributed by atoms with E-state index < -0.39 is 0 Å². The minimum Gasteiger partial charge on any atom is -0.317 e. The van der Waals surface area contributed by atoms with E-state index in [4.69, 9.17) is 0 Å². The first kappa shape index (κ1) is 7.69. The minimum absolute atomic E-state index is 0.819. The van der Waals surface area contributed by atoms with E-state index in [2.05, 4.69) is 15.6 Å². The van der Waals surface area contributed by atoms with Crippen molar-refractivity contribution in [3.63, 3.8) is 0 Å². The summed E-state index contributed by atoms with van der Waals surface area (Å²) in [6, 6.07) is 0. The molecule has 2 rings (SSSR count). The van der Waals surface area contributed by atoms with Crippen molar-refractivity contribution in [2.24, 2.45) is 4.99 Å². The summed E-state index contributed by atoms with van der Waals surface area (Å²) in [5.74, 6) is 0. The molecule has 2 N–H and O–H groups in total. The first-order valence-corrected chi connectivity index (χ1v) is 3.90. The molecule has 10 heavy (non-hydrogen) atoms. The number of aliphatic imine (C=N–C) groups is 1. The van der Waals surface area contributed by atoms with Gasteiger partial charge in [0.05, 0.1) is 6.67 Å². The number of hydrogen-bond acceptors (Lipinski definition) is 3. The topological polar surface area (TPSA) is 36.4 Å². The van der Waals surface area contributed by atoms with Crippen LogP contribution in [0, 0.1) is 0 Å². The molecule has 1 saturated heterocycles. The summed E-state index contributed by atoms with van der Waals surface area (Å²) in [4.78, 5) is 3.85. The van der Waals surface area contributed by atoms with Gasteiger partial charge in [0.2, 0.25) is 0 Å². The summed E-state index contributed by atoms with van der Waals surface area (Å²) < 4.78 is 0. The fourth-order valence-electron chi connectivity index (χ4n) is 0.948. The van der Waals surface area contributed by atoms with Gasteiger partial charge in [-0.3, -0.25) is 10.3 Å². The molecular weight excluding hydrogens is 126 g/mol. The summed E-state index contributed by atoms with van der Waals surface area (Å²) in [6.45, 7) is 4.28. The van der Waals surface area contributed by atoms with Crippen LogP contribution in [-0.2, 0) is 0 Å². The van der Waals surface area contributed by atoms with Gasteiger partial charge in [0, 0.05) is 12.8 Å². The van der Waals surface area contributed by atoms with Gasteiger partial charge >= 0.3 is 0 Å². The average molecular weight is 141 g/mol. The van der Waals surface area contributed by atoms with Gasteiger partial charge in [-0.2, -0.15) is 0 Å². The van der Waals surface area contributed by atoms with Gasteiger partial charge < -0.3 is 5.32 Å². The molecule has 0 bridgehead atoms. The maximum absolute atomic E-state index is 3.85. The quantitative estimate of drug-likeness (QED) is 0.497. The van der Waals surface area contributed by atoms with Crippen molar-refractivity contribution in [1.29, 1.82) is 0 Å². The molecule has 0 atom stereocenters. The Morgan fingerprint density at radius 3 is 2.10 bits per heavy atom. The predicted molar refractivity (Wildman–Crippen MR) is 43.5 cm³/mol. The van der Waals surface area contributed by atoms with E-state index in [-0.39, 0.29) is 0 Å². The van der Waals surface area contributed by atoms with Gasteiger partial charge in [-0.15, -0.1) is 0 Å². The number of hydrogen-bond donors (Lipinski definition) is 2. The molecule has 0 aliphatic carbocycles.